The number of nitrogens with zero attached hydrogens (tertiary/aromatic N) is 3. The molecule has 0 radical (unpaired) electrons. The van der Waals surface area contributed by atoms with Crippen molar-refractivity contribution in [3.8, 4) is 0 Å². The Bertz CT molecular complexity index is 1190. The van der Waals surface area contributed by atoms with E-state index in [1.165, 1.54) is 0 Å². The van der Waals surface area contributed by atoms with Crippen molar-refractivity contribution in [2.24, 2.45) is 0 Å². The van der Waals surface area contributed by atoms with Crippen LogP contribution in [-0.4, -0.2) is 33.3 Å². The van der Waals surface area contributed by atoms with E-state index >= 15 is 0 Å². The molecule has 2 heterocycles. The van der Waals surface area contributed by atoms with Gasteiger partial charge < -0.3 is 4.90 Å². The highest BCUT2D eigenvalue weighted by molar-refractivity contribution is 5.91. The number of alkyl halides is 2. The van der Waals surface area contributed by atoms with Gasteiger partial charge >= 0.3 is 0 Å². The molecule has 1 unspecified atom stereocenters. The van der Waals surface area contributed by atoms with E-state index in [4.69, 9.17) is 0 Å². The predicted octanol–water partition coefficient (Wildman–Crippen LogP) is 4.06. The van der Waals surface area contributed by atoms with Crippen molar-refractivity contribution in [2.45, 2.75) is 50.1 Å². The maximum Gasteiger partial charge on any atom is 0.261 e. The van der Waals surface area contributed by atoms with Crippen LogP contribution >= 0.6 is 0 Å². The highest BCUT2D eigenvalue weighted by Crippen LogP contribution is 2.51. The van der Waals surface area contributed by atoms with E-state index in [0.717, 1.165) is 29.4 Å². The lowest BCUT2D eigenvalue weighted by molar-refractivity contribution is -0.135. The van der Waals surface area contributed by atoms with Crippen LogP contribution < -0.4 is 5.56 Å². The molecular weight excluding hydrogens is 400 g/mol. The van der Waals surface area contributed by atoms with Crippen LogP contribution in [0.2, 0.25) is 0 Å². The molecule has 1 saturated carbocycles. The number of aromatic nitrogens is 2. The number of hydrogen-bond donors (Lipinski definition) is 0. The summed E-state index contributed by atoms with van der Waals surface area (Å²) in [7, 11) is 0. The van der Waals surface area contributed by atoms with Gasteiger partial charge in [-0.05, 0) is 43.4 Å². The molecule has 1 saturated heterocycles. The Balaban J connectivity index is 1.58. The third-order valence-corrected chi connectivity index (χ3v) is 6.51. The second-order valence-electron chi connectivity index (χ2n) is 8.40. The first-order valence-electron chi connectivity index (χ1n) is 10.7. The number of amides is 1. The van der Waals surface area contributed by atoms with Gasteiger partial charge in [-0.15, -0.1) is 0 Å². The summed E-state index contributed by atoms with van der Waals surface area (Å²) in [6.07, 6.45) is 0.204. The van der Waals surface area contributed by atoms with E-state index in [-0.39, 0.29) is 11.7 Å². The minimum atomic E-state index is -2.69. The number of para-hydroxylation sites is 1. The first-order valence-corrected chi connectivity index (χ1v) is 10.7. The van der Waals surface area contributed by atoms with Crippen molar-refractivity contribution < 1.29 is 13.6 Å². The molecule has 0 bridgehead atoms. The largest absolute Gasteiger partial charge is 0.332 e. The Morgan fingerprint density at radius 2 is 1.81 bits per heavy atom. The Kier molecular flexibility index (Phi) is 4.84. The van der Waals surface area contributed by atoms with Crippen molar-refractivity contribution in [3.05, 3.63) is 76.3 Å². The fourth-order valence-electron chi connectivity index (χ4n) is 4.82. The maximum absolute atomic E-state index is 13.7. The highest BCUT2D eigenvalue weighted by atomic mass is 19.3. The van der Waals surface area contributed by atoms with Crippen LogP contribution in [0, 0.1) is 0 Å². The van der Waals surface area contributed by atoms with Crippen LogP contribution in [0.1, 0.15) is 43.1 Å². The average molecular weight is 423 g/mol. The van der Waals surface area contributed by atoms with Gasteiger partial charge in [0.15, 0.2) is 0 Å². The molecule has 0 spiro atoms. The molecular formula is C24H23F2N3O2. The number of likely N-dealkylation sites (tertiary alicyclic amines) is 1. The molecule has 2 fully saturated rings. The number of carbonyl (C=O) groups is 1. The number of fused-ring (bicyclic) bond motifs is 1. The molecule has 31 heavy (non-hydrogen) atoms. The second-order valence-corrected chi connectivity index (χ2v) is 8.40. The van der Waals surface area contributed by atoms with Gasteiger partial charge in [-0.3, -0.25) is 14.2 Å². The van der Waals surface area contributed by atoms with Crippen molar-refractivity contribution in [1.82, 2.24) is 14.5 Å². The van der Waals surface area contributed by atoms with E-state index in [1.807, 2.05) is 30.3 Å². The van der Waals surface area contributed by atoms with Crippen molar-refractivity contribution in [3.63, 3.8) is 0 Å². The molecule has 7 heteroatoms. The van der Waals surface area contributed by atoms with Crippen LogP contribution in [0.25, 0.3) is 10.9 Å². The number of hydrogen-bond acceptors (Lipinski definition) is 3. The smallest absolute Gasteiger partial charge is 0.261 e. The third-order valence-electron chi connectivity index (χ3n) is 6.51. The van der Waals surface area contributed by atoms with Crippen LogP contribution in [0.3, 0.4) is 0 Å². The highest BCUT2D eigenvalue weighted by Gasteiger charge is 2.54. The zero-order valence-corrected chi connectivity index (χ0v) is 17.0. The molecule has 160 valence electrons. The average Bonchev–Trinajstić information content (AvgIpc) is 3.45. The summed E-state index contributed by atoms with van der Waals surface area (Å²) in [6.45, 7) is -0.191. The van der Waals surface area contributed by atoms with Crippen molar-refractivity contribution in [2.75, 3.05) is 6.54 Å². The minimum Gasteiger partial charge on any atom is -0.332 e. The van der Waals surface area contributed by atoms with Gasteiger partial charge in [0.2, 0.25) is 5.91 Å². The summed E-state index contributed by atoms with van der Waals surface area (Å²) in [5, 5.41) is 0.311. The summed E-state index contributed by atoms with van der Waals surface area (Å²) in [6, 6.07) is 16.0. The summed E-state index contributed by atoms with van der Waals surface area (Å²) in [5.41, 5.74) is 0.428. The lowest BCUT2D eigenvalue weighted by atomic mass is 9.94. The Labute approximate surface area is 178 Å². The van der Waals surface area contributed by atoms with E-state index in [2.05, 4.69) is 4.98 Å². The number of benzene rings is 2. The third kappa shape index (κ3) is 3.32. The molecule has 1 amide bonds. The normalized spacial score (nSPS) is 19.8. The lowest BCUT2D eigenvalue weighted by Gasteiger charge is -2.30. The molecule has 5 nitrogen and oxygen atoms in total. The monoisotopic (exact) mass is 423 g/mol. The topological polar surface area (TPSA) is 55.2 Å². The molecule has 1 aliphatic carbocycles. The van der Waals surface area contributed by atoms with Gasteiger partial charge in [0, 0.05) is 6.54 Å². The van der Waals surface area contributed by atoms with Crippen LogP contribution in [0.15, 0.2) is 59.4 Å². The van der Waals surface area contributed by atoms with E-state index in [0.29, 0.717) is 23.9 Å². The molecule has 1 aromatic heterocycles. The van der Waals surface area contributed by atoms with Gasteiger partial charge in [0.05, 0.1) is 28.9 Å². The Hall–Kier alpha value is -3.09. The zero-order valence-electron chi connectivity index (χ0n) is 17.0. The number of halogens is 2. The summed E-state index contributed by atoms with van der Waals surface area (Å²) in [5.74, 6) is 0.269. The quantitative estimate of drug-likeness (QED) is 0.622. The second kappa shape index (κ2) is 7.55. The SMILES string of the molecule is O=C(N1CCCC1c1nc2ccccc2c(=O)n1CC(F)F)C1(c2ccccc2)CC1. The fourth-order valence-corrected chi connectivity index (χ4v) is 4.82. The van der Waals surface area contributed by atoms with E-state index in [9.17, 15) is 18.4 Å². The van der Waals surface area contributed by atoms with Crippen LogP contribution in [0.4, 0.5) is 8.78 Å². The van der Waals surface area contributed by atoms with Crippen LogP contribution in [-0.2, 0) is 16.8 Å². The van der Waals surface area contributed by atoms with Gasteiger partial charge in [0.25, 0.3) is 12.0 Å². The van der Waals surface area contributed by atoms with Gasteiger partial charge in [-0.1, -0.05) is 42.5 Å². The van der Waals surface area contributed by atoms with Crippen molar-refractivity contribution in [1.29, 1.82) is 0 Å². The van der Waals surface area contributed by atoms with E-state index in [1.54, 1.807) is 29.2 Å². The molecule has 2 aliphatic rings. The zero-order chi connectivity index (χ0) is 21.6. The van der Waals surface area contributed by atoms with Gasteiger partial charge in [-0.2, -0.15) is 0 Å². The molecule has 1 atom stereocenters. The molecule has 2 aromatic carbocycles. The molecule has 1 aliphatic heterocycles. The standard InChI is InChI=1S/C24H23F2N3O2/c25-20(26)15-29-21(27-18-10-5-4-9-17(18)22(29)30)19-11-6-14-28(19)23(31)24(12-13-24)16-7-2-1-3-8-16/h1-5,7-10,19-20H,6,11-15H2. The number of carbonyl (C=O) groups excluding carboxylic acids is 1. The lowest BCUT2D eigenvalue weighted by Crippen LogP contribution is -2.41. The first-order chi connectivity index (χ1) is 15.0. The van der Waals surface area contributed by atoms with Crippen molar-refractivity contribution >= 4 is 16.8 Å². The minimum absolute atomic E-state index is 0.00667. The van der Waals surface area contributed by atoms with Gasteiger partial charge in [-0.25, -0.2) is 13.8 Å². The maximum atomic E-state index is 13.7. The fraction of sp³-hybridized carbons (Fsp3) is 0.375. The predicted molar refractivity (Wildman–Crippen MR) is 113 cm³/mol. The molecule has 3 aromatic rings. The summed E-state index contributed by atoms with van der Waals surface area (Å²) >= 11 is 0. The van der Waals surface area contributed by atoms with Crippen LogP contribution in [0.5, 0.6) is 0 Å². The molecule has 0 N–H and O–H groups in total. The Morgan fingerprint density at radius 1 is 1.10 bits per heavy atom. The van der Waals surface area contributed by atoms with E-state index < -0.39 is 30.0 Å². The first kappa shape index (κ1) is 19.8. The number of rotatable bonds is 5. The molecule has 5 rings (SSSR count). The van der Waals surface area contributed by atoms with Gasteiger partial charge in [0.1, 0.15) is 5.82 Å². The summed E-state index contributed by atoms with van der Waals surface area (Å²) in [4.78, 5) is 33.1. The Morgan fingerprint density at radius 3 is 2.52 bits per heavy atom. The summed E-state index contributed by atoms with van der Waals surface area (Å²) < 4.78 is 27.8.